The number of carbonyl (C=O) groups excluding carboxylic acids is 3. The highest BCUT2D eigenvalue weighted by Crippen LogP contribution is 2.38. The van der Waals surface area contributed by atoms with Gasteiger partial charge < -0.3 is 5.32 Å². The van der Waals surface area contributed by atoms with Crippen molar-refractivity contribution in [2.24, 2.45) is 11.8 Å². The lowest BCUT2D eigenvalue weighted by Gasteiger charge is -2.21. The van der Waals surface area contributed by atoms with E-state index in [9.17, 15) is 14.4 Å². The number of likely N-dealkylation sites (tertiary alicyclic amines) is 1. The first kappa shape index (κ1) is 20.6. The van der Waals surface area contributed by atoms with Gasteiger partial charge in [0, 0.05) is 18.7 Å². The van der Waals surface area contributed by atoms with Crippen molar-refractivity contribution in [3.05, 3.63) is 29.3 Å². The maximum Gasteiger partial charge on any atom is 0.233 e. The van der Waals surface area contributed by atoms with Crippen molar-refractivity contribution in [2.45, 2.75) is 71.6 Å². The smallest absolute Gasteiger partial charge is 0.233 e. The van der Waals surface area contributed by atoms with E-state index in [1.807, 2.05) is 18.2 Å². The predicted molar refractivity (Wildman–Crippen MR) is 110 cm³/mol. The molecule has 1 saturated heterocycles. The summed E-state index contributed by atoms with van der Waals surface area (Å²) < 4.78 is 0. The second kappa shape index (κ2) is 8.46. The molecule has 1 aromatic carbocycles. The summed E-state index contributed by atoms with van der Waals surface area (Å²) in [5.74, 6) is -0.0267. The highest BCUT2D eigenvalue weighted by Gasteiger charge is 2.47. The van der Waals surface area contributed by atoms with Gasteiger partial charge in [0.15, 0.2) is 0 Å². The molecule has 0 bridgehead atoms. The van der Waals surface area contributed by atoms with Gasteiger partial charge in [-0.1, -0.05) is 58.7 Å². The Hall–Kier alpha value is -2.17. The molecule has 1 heterocycles. The Bertz CT molecular complexity index is 719. The van der Waals surface area contributed by atoms with E-state index in [0.717, 1.165) is 42.5 Å². The normalized spacial score (nSPS) is 22.1. The molecule has 1 aliphatic heterocycles. The molecule has 5 heteroatoms. The minimum Gasteiger partial charge on any atom is -0.326 e. The number of hydrogen-bond acceptors (Lipinski definition) is 3. The molecule has 0 spiro atoms. The molecule has 1 aromatic rings. The molecule has 28 heavy (non-hydrogen) atoms. The average Bonchev–Trinajstić information content (AvgIpc) is 2.90. The molecule has 1 saturated carbocycles. The Morgan fingerprint density at radius 1 is 1.00 bits per heavy atom. The summed E-state index contributed by atoms with van der Waals surface area (Å²) in [6.07, 6.45) is 3.77. The Balaban J connectivity index is 1.68. The zero-order valence-corrected chi connectivity index (χ0v) is 17.5. The number of benzene rings is 1. The molecule has 2 fully saturated rings. The Morgan fingerprint density at radius 3 is 1.96 bits per heavy atom. The third-order valence-corrected chi connectivity index (χ3v) is 6.13. The Morgan fingerprint density at radius 2 is 1.50 bits per heavy atom. The van der Waals surface area contributed by atoms with Crippen LogP contribution in [0.5, 0.6) is 0 Å². The van der Waals surface area contributed by atoms with Crippen LogP contribution in [0.3, 0.4) is 0 Å². The average molecular weight is 385 g/mol. The van der Waals surface area contributed by atoms with Gasteiger partial charge >= 0.3 is 0 Å². The number of para-hydroxylation sites is 1. The predicted octanol–water partition coefficient (Wildman–Crippen LogP) is 4.44. The van der Waals surface area contributed by atoms with Crippen molar-refractivity contribution in [3.63, 3.8) is 0 Å². The van der Waals surface area contributed by atoms with Crippen molar-refractivity contribution >= 4 is 23.4 Å². The summed E-state index contributed by atoms with van der Waals surface area (Å²) >= 11 is 0. The molecule has 1 N–H and O–H groups in total. The summed E-state index contributed by atoms with van der Waals surface area (Å²) in [6.45, 7) is 8.62. The summed E-state index contributed by atoms with van der Waals surface area (Å²) in [4.78, 5) is 39.2. The van der Waals surface area contributed by atoms with E-state index in [1.54, 1.807) is 0 Å². The van der Waals surface area contributed by atoms with Crippen LogP contribution < -0.4 is 5.32 Å². The highest BCUT2D eigenvalue weighted by atomic mass is 16.2. The van der Waals surface area contributed by atoms with E-state index in [4.69, 9.17) is 0 Å². The number of nitrogens with one attached hydrogen (secondary N) is 1. The number of nitrogens with zero attached hydrogens (tertiary/aromatic N) is 1. The molecule has 2 aliphatic rings. The topological polar surface area (TPSA) is 66.5 Å². The zero-order chi connectivity index (χ0) is 20.4. The second-order valence-corrected chi connectivity index (χ2v) is 8.74. The van der Waals surface area contributed by atoms with Crippen LogP contribution in [0.15, 0.2) is 18.2 Å². The zero-order valence-electron chi connectivity index (χ0n) is 17.5. The lowest BCUT2D eigenvalue weighted by atomic mass is 9.81. The molecule has 1 aliphatic carbocycles. The van der Waals surface area contributed by atoms with Gasteiger partial charge in [-0.2, -0.15) is 0 Å². The maximum absolute atomic E-state index is 12.7. The van der Waals surface area contributed by atoms with E-state index in [2.05, 4.69) is 33.0 Å². The van der Waals surface area contributed by atoms with Crippen LogP contribution >= 0.6 is 0 Å². The lowest BCUT2D eigenvalue weighted by molar-refractivity contribution is -0.140. The van der Waals surface area contributed by atoms with Crippen molar-refractivity contribution in [2.75, 3.05) is 11.9 Å². The van der Waals surface area contributed by atoms with Crippen molar-refractivity contribution in [1.29, 1.82) is 0 Å². The molecular formula is C23H32N2O3. The summed E-state index contributed by atoms with van der Waals surface area (Å²) in [5.41, 5.74) is 3.10. The Kier molecular flexibility index (Phi) is 6.21. The van der Waals surface area contributed by atoms with Crippen LogP contribution in [0.2, 0.25) is 0 Å². The number of hydrogen-bond donors (Lipinski definition) is 1. The van der Waals surface area contributed by atoms with E-state index >= 15 is 0 Å². The van der Waals surface area contributed by atoms with Crippen molar-refractivity contribution in [1.82, 2.24) is 4.90 Å². The molecule has 5 nitrogen and oxygen atoms in total. The van der Waals surface area contributed by atoms with E-state index in [0.29, 0.717) is 11.8 Å². The van der Waals surface area contributed by atoms with Crippen LogP contribution in [0.25, 0.3) is 0 Å². The molecule has 0 radical (unpaired) electrons. The van der Waals surface area contributed by atoms with Gasteiger partial charge in [-0.3, -0.25) is 19.3 Å². The maximum atomic E-state index is 12.7. The van der Waals surface area contributed by atoms with Gasteiger partial charge in [-0.25, -0.2) is 0 Å². The SMILES string of the molecule is CC(C)c1cccc(C(C)C)c1NC(=O)CCN1C(=O)[C@H]2CCCC[C@@H]2C1=O. The van der Waals surface area contributed by atoms with E-state index in [-0.39, 0.29) is 42.5 Å². The minimum atomic E-state index is -0.154. The molecule has 0 unspecified atom stereocenters. The fourth-order valence-electron chi connectivity index (χ4n) is 4.56. The molecule has 0 aromatic heterocycles. The number of imide groups is 1. The van der Waals surface area contributed by atoms with Crippen LogP contribution in [-0.2, 0) is 14.4 Å². The summed E-state index contributed by atoms with van der Waals surface area (Å²) in [7, 11) is 0. The highest BCUT2D eigenvalue weighted by molar-refractivity contribution is 6.05. The van der Waals surface area contributed by atoms with Gasteiger partial charge in [-0.15, -0.1) is 0 Å². The molecule has 2 atom stereocenters. The summed E-state index contributed by atoms with van der Waals surface area (Å²) in [5, 5.41) is 3.07. The third kappa shape index (κ3) is 3.98. The van der Waals surface area contributed by atoms with E-state index in [1.165, 1.54) is 4.90 Å². The third-order valence-electron chi connectivity index (χ3n) is 6.13. The number of fused-ring (bicyclic) bond motifs is 1. The quantitative estimate of drug-likeness (QED) is 0.738. The molecule has 3 amide bonds. The standard InChI is InChI=1S/C23H32N2O3/c1-14(2)16-10-7-11-17(15(3)4)21(16)24-20(26)12-13-25-22(27)18-8-5-6-9-19(18)23(25)28/h7,10-11,14-15,18-19H,5-6,8-9,12-13H2,1-4H3,(H,24,26)/t18-,19-/m0/s1. The molecule has 152 valence electrons. The monoisotopic (exact) mass is 384 g/mol. The number of amides is 3. The molecular weight excluding hydrogens is 352 g/mol. The van der Waals surface area contributed by atoms with Gasteiger partial charge in [-0.05, 0) is 35.8 Å². The Labute approximate surface area is 167 Å². The lowest BCUT2D eigenvalue weighted by Crippen LogP contribution is -2.34. The van der Waals surface area contributed by atoms with Gasteiger partial charge in [0.1, 0.15) is 0 Å². The first-order valence-electron chi connectivity index (χ1n) is 10.6. The summed E-state index contributed by atoms with van der Waals surface area (Å²) in [6, 6.07) is 6.12. The number of anilines is 1. The van der Waals surface area contributed by atoms with Gasteiger partial charge in [0.05, 0.1) is 11.8 Å². The molecule has 3 rings (SSSR count). The van der Waals surface area contributed by atoms with E-state index < -0.39 is 0 Å². The van der Waals surface area contributed by atoms with Crippen LogP contribution in [-0.4, -0.2) is 29.2 Å². The van der Waals surface area contributed by atoms with Crippen molar-refractivity contribution < 1.29 is 14.4 Å². The van der Waals surface area contributed by atoms with Crippen LogP contribution in [0, 0.1) is 11.8 Å². The van der Waals surface area contributed by atoms with Crippen LogP contribution in [0.1, 0.15) is 82.8 Å². The fraction of sp³-hybridized carbons (Fsp3) is 0.609. The van der Waals surface area contributed by atoms with Gasteiger partial charge in [0.25, 0.3) is 0 Å². The first-order valence-corrected chi connectivity index (χ1v) is 10.6. The first-order chi connectivity index (χ1) is 13.3. The van der Waals surface area contributed by atoms with Crippen LogP contribution in [0.4, 0.5) is 5.69 Å². The largest absolute Gasteiger partial charge is 0.326 e. The fourth-order valence-corrected chi connectivity index (χ4v) is 4.56. The van der Waals surface area contributed by atoms with Gasteiger partial charge in [0.2, 0.25) is 17.7 Å². The minimum absolute atomic E-state index is 0.0760. The second-order valence-electron chi connectivity index (χ2n) is 8.74. The number of rotatable bonds is 6. The van der Waals surface area contributed by atoms with Crippen molar-refractivity contribution in [3.8, 4) is 0 Å². The number of carbonyl (C=O) groups is 3.